The largest absolute Gasteiger partial charge is 0.314 e. The van der Waals surface area contributed by atoms with Gasteiger partial charge in [-0.25, -0.2) is 0 Å². The second-order valence-electron chi connectivity index (χ2n) is 5.90. The van der Waals surface area contributed by atoms with Gasteiger partial charge in [-0.3, -0.25) is 0 Å². The van der Waals surface area contributed by atoms with Gasteiger partial charge >= 0.3 is 0 Å². The van der Waals surface area contributed by atoms with Gasteiger partial charge in [0.2, 0.25) is 0 Å². The van der Waals surface area contributed by atoms with Crippen molar-refractivity contribution in [3.63, 3.8) is 0 Å². The van der Waals surface area contributed by atoms with Crippen LogP contribution in [0, 0.1) is 11.8 Å². The highest BCUT2D eigenvalue weighted by Gasteiger charge is 2.29. The van der Waals surface area contributed by atoms with Gasteiger partial charge in [-0.1, -0.05) is 34.1 Å². The summed E-state index contributed by atoms with van der Waals surface area (Å²) in [5, 5.41) is 3.72. The van der Waals surface area contributed by atoms with Crippen LogP contribution < -0.4 is 5.32 Å². The van der Waals surface area contributed by atoms with Crippen molar-refractivity contribution in [3.05, 3.63) is 0 Å². The lowest BCUT2D eigenvalue weighted by Crippen LogP contribution is -2.46. The zero-order valence-corrected chi connectivity index (χ0v) is 13.0. The molecule has 1 aliphatic carbocycles. The van der Waals surface area contributed by atoms with Gasteiger partial charge in [0.1, 0.15) is 0 Å². The Balaban J connectivity index is 2.53. The molecule has 1 aliphatic rings. The zero-order valence-electron chi connectivity index (χ0n) is 13.0. The minimum absolute atomic E-state index is 0.767. The van der Waals surface area contributed by atoms with Crippen LogP contribution in [0.5, 0.6) is 0 Å². The lowest BCUT2D eigenvalue weighted by molar-refractivity contribution is 0.141. The van der Waals surface area contributed by atoms with Crippen molar-refractivity contribution in [2.75, 3.05) is 26.2 Å². The third-order valence-corrected chi connectivity index (χ3v) is 4.61. The number of hydrogen-bond donors (Lipinski definition) is 1. The summed E-state index contributed by atoms with van der Waals surface area (Å²) < 4.78 is 0. The Morgan fingerprint density at radius 1 is 1.11 bits per heavy atom. The highest BCUT2D eigenvalue weighted by molar-refractivity contribution is 4.86. The van der Waals surface area contributed by atoms with E-state index in [4.69, 9.17) is 0 Å². The van der Waals surface area contributed by atoms with Crippen molar-refractivity contribution in [1.82, 2.24) is 10.2 Å². The van der Waals surface area contributed by atoms with E-state index in [1.54, 1.807) is 0 Å². The molecule has 2 heteroatoms. The molecule has 0 saturated heterocycles. The highest BCUT2D eigenvalue weighted by atomic mass is 15.1. The van der Waals surface area contributed by atoms with Crippen LogP contribution in [0.4, 0.5) is 0 Å². The number of nitrogens with one attached hydrogen (secondary N) is 1. The van der Waals surface area contributed by atoms with Crippen molar-refractivity contribution in [2.24, 2.45) is 11.8 Å². The topological polar surface area (TPSA) is 15.3 Å². The fourth-order valence-electron chi connectivity index (χ4n) is 3.49. The van der Waals surface area contributed by atoms with Gasteiger partial charge in [0, 0.05) is 12.6 Å². The Bertz CT molecular complexity index is 205. The molecule has 1 fully saturated rings. The molecule has 3 unspecified atom stereocenters. The molecule has 0 heterocycles. The van der Waals surface area contributed by atoms with Crippen LogP contribution in [0.1, 0.15) is 59.8 Å². The van der Waals surface area contributed by atoms with Crippen LogP contribution in [0.25, 0.3) is 0 Å². The average molecular weight is 254 g/mol. The molecule has 0 aliphatic heterocycles. The van der Waals surface area contributed by atoms with E-state index in [1.807, 2.05) is 0 Å². The third-order valence-electron chi connectivity index (χ3n) is 4.61. The zero-order chi connectivity index (χ0) is 13.4. The van der Waals surface area contributed by atoms with E-state index in [0.717, 1.165) is 24.4 Å². The van der Waals surface area contributed by atoms with E-state index in [0.29, 0.717) is 0 Å². The van der Waals surface area contributed by atoms with Gasteiger partial charge in [0.05, 0.1) is 0 Å². The lowest BCUT2D eigenvalue weighted by atomic mass is 9.76. The molecule has 2 nitrogen and oxygen atoms in total. The summed E-state index contributed by atoms with van der Waals surface area (Å²) in [6.45, 7) is 14.1. The first-order chi connectivity index (χ1) is 8.74. The maximum Gasteiger partial charge on any atom is 0.0108 e. The van der Waals surface area contributed by atoms with Gasteiger partial charge in [0.25, 0.3) is 0 Å². The minimum atomic E-state index is 0.767. The molecular weight excluding hydrogens is 220 g/mol. The standard InChI is InChI=1S/C16H34N2/c1-5-11-18(8-4)13-15-12-14(6-2)9-10-16(15)17-7-3/h14-17H,5-13H2,1-4H3. The average Bonchev–Trinajstić information content (AvgIpc) is 2.40. The maximum atomic E-state index is 3.72. The van der Waals surface area contributed by atoms with Crippen LogP contribution in [0.15, 0.2) is 0 Å². The summed E-state index contributed by atoms with van der Waals surface area (Å²) in [4.78, 5) is 2.65. The molecule has 0 aromatic heterocycles. The lowest BCUT2D eigenvalue weighted by Gasteiger charge is -2.39. The number of hydrogen-bond acceptors (Lipinski definition) is 2. The number of nitrogens with zero attached hydrogens (tertiary/aromatic N) is 1. The molecule has 108 valence electrons. The van der Waals surface area contributed by atoms with Gasteiger partial charge in [-0.2, -0.15) is 0 Å². The Hall–Kier alpha value is -0.0800. The molecule has 3 atom stereocenters. The molecule has 1 rings (SSSR count). The maximum absolute atomic E-state index is 3.72. The van der Waals surface area contributed by atoms with Gasteiger partial charge in [-0.15, -0.1) is 0 Å². The highest BCUT2D eigenvalue weighted by Crippen LogP contribution is 2.32. The van der Waals surface area contributed by atoms with Crippen LogP contribution in [-0.2, 0) is 0 Å². The van der Waals surface area contributed by atoms with Crippen molar-refractivity contribution in [3.8, 4) is 0 Å². The van der Waals surface area contributed by atoms with Crippen molar-refractivity contribution >= 4 is 0 Å². The molecule has 0 amide bonds. The summed E-state index contributed by atoms with van der Waals surface area (Å²) in [5.74, 6) is 1.85. The Morgan fingerprint density at radius 3 is 2.44 bits per heavy atom. The molecule has 18 heavy (non-hydrogen) atoms. The summed E-state index contributed by atoms with van der Waals surface area (Å²) in [6.07, 6.45) is 6.92. The van der Waals surface area contributed by atoms with Crippen molar-refractivity contribution < 1.29 is 0 Å². The van der Waals surface area contributed by atoms with Gasteiger partial charge in [0.15, 0.2) is 0 Å². The summed E-state index contributed by atoms with van der Waals surface area (Å²) in [6, 6.07) is 0.767. The molecule has 0 aromatic carbocycles. The summed E-state index contributed by atoms with van der Waals surface area (Å²) >= 11 is 0. The summed E-state index contributed by atoms with van der Waals surface area (Å²) in [7, 11) is 0. The van der Waals surface area contributed by atoms with E-state index in [1.165, 1.54) is 51.7 Å². The fourth-order valence-corrected chi connectivity index (χ4v) is 3.49. The van der Waals surface area contributed by atoms with Gasteiger partial charge in [-0.05, 0) is 57.2 Å². The minimum Gasteiger partial charge on any atom is -0.314 e. The molecule has 1 saturated carbocycles. The number of rotatable bonds is 8. The molecule has 0 radical (unpaired) electrons. The van der Waals surface area contributed by atoms with E-state index in [2.05, 4.69) is 37.9 Å². The SMILES string of the molecule is CCCN(CC)CC1CC(CC)CCC1NCC. The van der Waals surface area contributed by atoms with Crippen molar-refractivity contribution in [1.29, 1.82) is 0 Å². The first-order valence-electron chi connectivity index (χ1n) is 8.20. The van der Waals surface area contributed by atoms with E-state index in [9.17, 15) is 0 Å². The van der Waals surface area contributed by atoms with E-state index >= 15 is 0 Å². The van der Waals surface area contributed by atoms with Crippen LogP contribution in [0.3, 0.4) is 0 Å². The Morgan fingerprint density at radius 2 is 1.89 bits per heavy atom. The summed E-state index contributed by atoms with van der Waals surface area (Å²) in [5.41, 5.74) is 0. The Labute approximate surface area is 115 Å². The van der Waals surface area contributed by atoms with Crippen LogP contribution >= 0.6 is 0 Å². The molecule has 0 aromatic rings. The van der Waals surface area contributed by atoms with Gasteiger partial charge < -0.3 is 10.2 Å². The quantitative estimate of drug-likeness (QED) is 0.713. The van der Waals surface area contributed by atoms with Crippen molar-refractivity contribution in [2.45, 2.75) is 65.8 Å². The first-order valence-corrected chi connectivity index (χ1v) is 8.20. The first kappa shape index (κ1) is 16.0. The van der Waals surface area contributed by atoms with E-state index in [-0.39, 0.29) is 0 Å². The fraction of sp³-hybridized carbons (Fsp3) is 1.00. The van der Waals surface area contributed by atoms with Crippen LogP contribution in [-0.4, -0.2) is 37.1 Å². The van der Waals surface area contributed by atoms with E-state index < -0.39 is 0 Å². The molecule has 0 spiro atoms. The normalized spacial score (nSPS) is 28.8. The molecular formula is C16H34N2. The third kappa shape index (κ3) is 4.89. The molecule has 1 N–H and O–H groups in total. The second-order valence-corrected chi connectivity index (χ2v) is 5.90. The Kier molecular flexibility index (Phi) is 7.92. The smallest absolute Gasteiger partial charge is 0.0108 e. The predicted octanol–water partition coefficient (Wildman–Crippen LogP) is 3.52. The monoisotopic (exact) mass is 254 g/mol. The van der Waals surface area contributed by atoms with Crippen LogP contribution in [0.2, 0.25) is 0 Å². The predicted molar refractivity (Wildman–Crippen MR) is 81.0 cm³/mol. The second kappa shape index (κ2) is 8.92. The molecule has 0 bridgehead atoms.